The van der Waals surface area contributed by atoms with Gasteiger partial charge in [0.25, 0.3) is 0 Å². The van der Waals surface area contributed by atoms with E-state index in [-0.39, 0.29) is 17.6 Å². The first kappa shape index (κ1) is 24.2. The molecule has 2 heteroatoms. The molecular formula is C31H40F2. The number of aryl methyl sites for hydroxylation is 2. The Morgan fingerprint density at radius 2 is 1.67 bits per heavy atom. The van der Waals surface area contributed by atoms with Gasteiger partial charge in [0, 0.05) is 5.56 Å². The third-order valence-electron chi connectivity index (χ3n) is 8.18. The highest BCUT2D eigenvalue weighted by Crippen LogP contribution is 2.41. The highest BCUT2D eigenvalue weighted by molar-refractivity contribution is 5.39. The summed E-state index contributed by atoms with van der Waals surface area (Å²) in [6.07, 6.45) is 16.1. The summed E-state index contributed by atoms with van der Waals surface area (Å²) in [5.74, 6) is 0.394. The monoisotopic (exact) mass is 450 g/mol. The van der Waals surface area contributed by atoms with Crippen molar-refractivity contribution in [1.29, 1.82) is 0 Å². The van der Waals surface area contributed by atoms with Crippen molar-refractivity contribution in [3.05, 3.63) is 82.4 Å². The summed E-state index contributed by atoms with van der Waals surface area (Å²) in [6.45, 7) is 6.05. The van der Waals surface area contributed by atoms with Crippen molar-refractivity contribution in [2.24, 2.45) is 5.92 Å². The average Bonchev–Trinajstić information content (AvgIpc) is 2.83. The number of hydrogen-bond acceptors (Lipinski definition) is 0. The molecule has 33 heavy (non-hydrogen) atoms. The Balaban J connectivity index is 1.41. The maximum Gasteiger partial charge on any atom is 0.129 e. The number of allylic oxidation sites excluding steroid dienone is 1. The summed E-state index contributed by atoms with van der Waals surface area (Å²) >= 11 is 0. The first-order chi connectivity index (χ1) is 16.1. The summed E-state index contributed by atoms with van der Waals surface area (Å²) in [6, 6.07) is 9.94. The summed E-state index contributed by atoms with van der Waals surface area (Å²) < 4.78 is 30.5. The lowest BCUT2D eigenvalue weighted by Crippen LogP contribution is -2.17. The molecule has 0 saturated heterocycles. The molecular weight excluding hydrogens is 410 g/mol. The van der Waals surface area contributed by atoms with Crippen LogP contribution in [0, 0.1) is 17.6 Å². The fourth-order valence-electron chi connectivity index (χ4n) is 6.18. The molecule has 2 aliphatic rings. The third-order valence-corrected chi connectivity index (χ3v) is 8.18. The number of hydrogen-bond donors (Lipinski definition) is 0. The maximum absolute atomic E-state index is 15.3. The minimum atomic E-state index is -0.328. The van der Waals surface area contributed by atoms with Crippen LogP contribution in [0.25, 0.3) is 0 Å². The van der Waals surface area contributed by atoms with Crippen molar-refractivity contribution in [3.63, 3.8) is 0 Å². The third kappa shape index (κ3) is 5.94. The van der Waals surface area contributed by atoms with E-state index in [0.717, 1.165) is 56.4 Å². The molecule has 2 aromatic rings. The predicted molar refractivity (Wildman–Crippen MR) is 135 cm³/mol. The molecule has 0 radical (unpaired) electrons. The topological polar surface area (TPSA) is 0 Å². The van der Waals surface area contributed by atoms with E-state index in [1.807, 2.05) is 6.08 Å². The Labute approximate surface area is 199 Å². The van der Waals surface area contributed by atoms with Gasteiger partial charge in [0.2, 0.25) is 0 Å². The Hall–Kier alpha value is -1.96. The molecule has 1 unspecified atom stereocenters. The molecule has 0 heterocycles. The van der Waals surface area contributed by atoms with Gasteiger partial charge in [0.05, 0.1) is 0 Å². The van der Waals surface area contributed by atoms with E-state index in [4.69, 9.17) is 0 Å². The number of benzene rings is 2. The minimum absolute atomic E-state index is 0.0696. The van der Waals surface area contributed by atoms with Gasteiger partial charge in [0.15, 0.2) is 0 Å². The number of unbranched alkanes of at least 4 members (excludes halogenated alkanes) is 2. The zero-order valence-electron chi connectivity index (χ0n) is 20.4. The second kappa shape index (κ2) is 11.4. The van der Waals surface area contributed by atoms with Crippen LogP contribution in [0.4, 0.5) is 8.78 Å². The second-order valence-corrected chi connectivity index (χ2v) is 10.5. The lowest BCUT2D eigenvalue weighted by atomic mass is 9.75. The van der Waals surface area contributed by atoms with Gasteiger partial charge in [-0.2, -0.15) is 0 Å². The first-order valence-corrected chi connectivity index (χ1v) is 13.3. The van der Waals surface area contributed by atoms with Gasteiger partial charge < -0.3 is 0 Å². The van der Waals surface area contributed by atoms with Crippen LogP contribution in [0.3, 0.4) is 0 Å². The van der Waals surface area contributed by atoms with Crippen LogP contribution < -0.4 is 0 Å². The molecule has 4 rings (SSSR count). The summed E-state index contributed by atoms with van der Waals surface area (Å²) in [5.41, 5.74) is 5.12. The predicted octanol–water partition coefficient (Wildman–Crippen LogP) is 9.21. The van der Waals surface area contributed by atoms with Crippen LogP contribution in [0.5, 0.6) is 0 Å². The van der Waals surface area contributed by atoms with Crippen molar-refractivity contribution in [1.82, 2.24) is 0 Å². The zero-order valence-corrected chi connectivity index (χ0v) is 20.4. The van der Waals surface area contributed by atoms with Crippen LogP contribution in [-0.4, -0.2) is 0 Å². The highest BCUT2D eigenvalue weighted by Gasteiger charge is 2.28. The van der Waals surface area contributed by atoms with E-state index in [9.17, 15) is 0 Å². The van der Waals surface area contributed by atoms with Crippen molar-refractivity contribution in [2.45, 2.75) is 102 Å². The molecule has 0 aromatic heterocycles. The fourth-order valence-corrected chi connectivity index (χ4v) is 6.18. The molecule has 2 aliphatic carbocycles. The first-order valence-electron chi connectivity index (χ1n) is 13.3. The molecule has 0 spiro atoms. The van der Waals surface area contributed by atoms with Gasteiger partial charge in [-0.1, -0.05) is 56.9 Å². The van der Waals surface area contributed by atoms with E-state index < -0.39 is 0 Å². The molecule has 0 nitrogen and oxygen atoms in total. The molecule has 0 aliphatic heterocycles. The van der Waals surface area contributed by atoms with Crippen LogP contribution in [-0.2, 0) is 19.3 Å². The van der Waals surface area contributed by atoms with E-state index in [1.54, 1.807) is 12.1 Å². The van der Waals surface area contributed by atoms with E-state index in [2.05, 4.69) is 31.7 Å². The van der Waals surface area contributed by atoms with Gasteiger partial charge in [-0.25, -0.2) is 8.78 Å². The Morgan fingerprint density at radius 1 is 0.909 bits per heavy atom. The van der Waals surface area contributed by atoms with Gasteiger partial charge in [-0.15, -0.1) is 6.58 Å². The molecule has 1 fully saturated rings. The number of fused-ring (bicyclic) bond motifs is 1. The fraction of sp³-hybridized carbons (Fsp3) is 0.548. The molecule has 0 N–H and O–H groups in total. The van der Waals surface area contributed by atoms with Crippen LogP contribution in [0.2, 0.25) is 0 Å². The molecule has 1 saturated carbocycles. The number of halogens is 2. The quantitative estimate of drug-likeness (QED) is 0.264. The molecule has 0 bridgehead atoms. The van der Waals surface area contributed by atoms with Crippen molar-refractivity contribution >= 4 is 0 Å². The molecule has 1 atom stereocenters. The van der Waals surface area contributed by atoms with Crippen molar-refractivity contribution in [3.8, 4) is 0 Å². The standard InChI is InChI=1S/C31H40F2/c1-3-5-7-9-22-10-13-24(14-11-22)28-20-29(32)31(30(33)21-28)27-17-16-25-18-23(8-6-4-2)12-15-26(25)19-27/h4,12,15,18,20-22,24,27H,2-3,5-11,13-14,16-17,19H2,1H3. The molecule has 2 aromatic carbocycles. The Bertz CT molecular complexity index is 913. The van der Waals surface area contributed by atoms with E-state index in [0.29, 0.717) is 11.5 Å². The van der Waals surface area contributed by atoms with Crippen molar-refractivity contribution in [2.75, 3.05) is 0 Å². The van der Waals surface area contributed by atoms with Crippen molar-refractivity contribution < 1.29 is 8.78 Å². The number of rotatable bonds is 9. The average molecular weight is 451 g/mol. The summed E-state index contributed by atoms with van der Waals surface area (Å²) in [4.78, 5) is 0. The Morgan fingerprint density at radius 3 is 2.36 bits per heavy atom. The van der Waals surface area contributed by atoms with E-state index in [1.165, 1.54) is 55.2 Å². The van der Waals surface area contributed by atoms with Gasteiger partial charge >= 0.3 is 0 Å². The smallest absolute Gasteiger partial charge is 0.129 e. The van der Waals surface area contributed by atoms with Gasteiger partial charge in [-0.3, -0.25) is 0 Å². The summed E-state index contributed by atoms with van der Waals surface area (Å²) in [7, 11) is 0. The zero-order chi connectivity index (χ0) is 23.2. The SMILES string of the molecule is C=CCCc1ccc2c(c1)CCC(c1c(F)cc(C3CCC(CCCCC)CC3)cc1F)C2. The normalized spacial score (nSPS) is 22.7. The lowest BCUT2D eigenvalue weighted by molar-refractivity contribution is 0.302. The van der Waals surface area contributed by atoms with Crippen LogP contribution in [0.1, 0.15) is 111 Å². The van der Waals surface area contributed by atoms with Gasteiger partial charge in [-0.05, 0) is 110 Å². The molecule has 178 valence electrons. The second-order valence-electron chi connectivity index (χ2n) is 10.5. The summed E-state index contributed by atoms with van der Waals surface area (Å²) in [5, 5.41) is 0. The minimum Gasteiger partial charge on any atom is -0.207 e. The van der Waals surface area contributed by atoms with Crippen LogP contribution >= 0.6 is 0 Å². The Kier molecular flexibility index (Phi) is 8.39. The highest BCUT2D eigenvalue weighted by atomic mass is 19.1. The lowest BCUT2D eigenvalue weighted by Gasteiger charge is -2.30. The largest absolute Gasteiger partial charge is 0.207 e. The molecule has 0 amide bonds. The van der Waals surface area contributed by atoms with Crippen LogP contribution in [0.15, 0.2) is 43.0 Å². The van der Waals surface area contributed by atoms with E-state index >= 15 is 8.78 Å². The maximum atomic E-state index is 15.3. The van der Waals surface area contributed by atoms with Gasteiger partial charge in [0.1, 0.15) is 11.6 Å².